The lowest BCUT2D eigenvalue weighted by molar-refractivity contribution is -0.173. The van der Waals surface area contributed by atoms with Gasteiger partial charge >= 0.3 is 5.97 Å². The largest absolute Gasteiger partial charge is 0.493 e. The van der Waals surface area contributed by atoms with E-state index in [0.29, 0.717) is 36.5 Å². The highest BCUT2D eigenvalue weighted by molar-refractivity contribution is 6.01. The number of methoxy groups -OCH3 is 2. The molecule has 0 radical (unpaired) electrons. The number of rotatable bonds is 8. The maximum Gasteiger partial charge on any atom is 0.317 e. The van der Waals surface area contributed by atoms with Crippen LogP contribution < -0.4 is 14.2 Å². The molecule has 7 nitrogen and oxygen atoms in total. The van der Waals surface area contributed by atoms with Gasteiger partial charge in [-0.05, 0) is 56.4 Å². The molecule has 2 aromatic rings. The number of fused-ring (bicyclic) bond motifs is 1. The Hall–Kier alpha value is -3.53. The molecule has 0 bridgehead atoms. The number of hydrogen-bond acceptors (Lipinski definition) is 7. The molecule has 2 aliphatic carbocycles. The SMILES string of the molecule is COc1ccc(-c2ccc3c(c2)CCC3=O)c(OCC2(C(=O)OC(C)(C)C#N)CCC2)c1OC. The van der Waals surface area contributed by atoms with Crippen LogP contribution in [0.3, 0.4) is 0 Å². The molecule has 0 spiro atoms. The molecule has 0 atom stereocenters. The van der Waals surface area contributed by atoms with Crippen LogP contribution in [0.1, 0.15) is 55.5 Å². The van der Waals surface area contributed by atoms with E-state index < -0.39 is 17.0 Å². The van der Waals surface area contributed by atoms with Crippen molar-refractivity contribution in [1.82, 2.24) is 0 Å². The molecule has 0 aliphatic heterocycles. The zero-order chi connectivity index (χ0) is 24.5. The van der Waals surface area contributed by atoms with Crippen molar-refractivity contribution >= 4 is 11.8 Å². The van der Waals surface area contributed by atoms with Gasteiger partial charge in [0.05, 0.1) is 14.2 Å². The summed E-state index contributed by atoms with van der Waals surface area (Å²) < 4.78 is 22.9. The Morgan fingerprint density at radius 1 is 1.06 bits per heavy atom. The van der Waals surface area contributed by atoms with Crippen molar-refractivity contribution in [1.29, 1.82) is 5.26 Å². The Labute approximate surface area is 199 Å². The van der Waals surface area contributed by atoms with E-state index in [1.54, 1.807) is 28.1 Å². The third-order valence-corrected chi connectivity index (χ3v) is 6.69. The summed E-state index contributed by atoms with van der Waals surface area (Å²) in [4.78, 5) is 25.1. The second-order valence-corrected chi connectivity index (χ2v) is 9.41. The van der Waals surface area contributed by atoms with E-state index in [2.05, 4.69) is 0 Å². The van der Waals surface area contributed by atoms with Gasteiger partial charge in [-0.15, -0.1) is 0 Å². The maximum absolute atomic E-state index is 13.0. The standard InChI is InChI=1S/C27H29NO6/c1-26(2,15-28)34-25(30)27(12-5-13-27)16-33-23-20(9-11-22(31-3)24(23)32-4)18-6-8-19-17(14-18)7-10-21(19)29/h6,8-9,11,14H,5,7,10,12-13,16H2,1-4H3. The van der Waals surface area contributed by atoms with Crippen molar-refractivity contribution in [2.24, 2.45) is 5.41 Å². The Kier molecular flexibility index (Phi) is 6.26. The molecular weight excluding hydrogens is 434 g/mol. The van der Waals surface area contributed by atoms with Crippen LogP contribution in [0.15, 0.2) is 30.3 Å². The minimum Gasteiger partial charge on any atom is -0.493 e. The summed E-state index contributed by atoms with van der Waals surface area (Å²) in [6.45, 7) is 3.23. The first-order valence-electron chi connectivity index (χ1n) is 11.4. The smallest absolute Gasteiger partial charge is 0.317 e. The van der Waals surface area contributed by atoms with Crippen LogP contribution in [0.25, 0.3) is 11.1 Å². The molecule has 0 unspecified atom stereocenters. The fourth-order valence-corrected chi connectivity index (χ4v) is 4.48. The molecular formula is C27H29NO6. The average Bonchev–Trinajstić information content (AvgIpc) is 3.17. The number of nitrogens with zero attached hydrogens (tertiary/aromatic N) is 1. The van der Waals surface area contributed by atoms with Crippen LogP contribution in [-0.4, -0.2) is 38.2 Å². The average molecular weight is 464 g/mol. The molecule has 4 rings (SSSR count). The van der Waals surface area contributed by atoms with Gasteiger partial charge < -0.3 is 18.9 Å². The number of nitriles is 1. The number of esters is 1. The lowest BCUT2D eigenvalue weighted by atomic mass is 9.69. The number of benzene rings is 2. The monoisotopic (exact) mass is 463 g/mol. The third-order valence-electron chi connectivity index (χ3n) is 6.69. The number of carbonyl (C=O) groups is 2. The minimum atomic E-state index is -1.21. The Bertz CT molecular complexity index is 1170. The van der Waals surface area contributed by atoms with E-state index >= 15 is 0 Å². The number of hydrogen-bond donors (Lipinski definition) is 0. The van der Waals surface area contributed by atoms with E-state index in [1.807, 2.05) is 36.4 Å². The van der Waals surface area contributed by atoms with Gasteiger partial charge in [0.15, 0.2) is 22.9 Å². The van der Waals surface area contributed by atoms with Crippen molar-refractivity contribution in [2.75, 3.05) is 20.8 Å². The van der Waals surface area contributed by atoms with Gasteiger partial charge in [-0.3, -0.25) is 9.59 Å². The quantitative estimate of drug-likeness (QED) is 0.514. The van der Waals surface area contributed by atoms with Crippen molar-refractivity contribution in [3.63, 3.8) is 0 Å². The number of ketones is 1. The highest BCUT2D eigenvalue weighted by Gasteiger charge is 2.48. The summed E-state index contributed by atoms with van der Waals surface area (Å²) in [5, 5.41) is 9.27. The molecule has 2 aromatic carbocycles. The molecule has 0 N–H and O–H groups in total. The van der Waals surface area contributed by atoms with Gasteiger partial charge in [-0.2, -0.15) is 5.26 Å². The van der Waals surface area contributed by atoms with Crippen LogP contribution in [0.2, 0.25) is 0 Å². The molecule has 0 aromatic heterocycles. The van der Waals surface area contributed by atoms with Gasteiger partial charge in [-0.25, -0.2) is 0 Å². The van der Waals surface area contributed by atoms with Crippen LogP contribution in [0.4, 0.5) is 0 Å². The third kappa shape index (κ3) is 4.21. The summed E-state index contributed by atoms with van der Waals surface area (Å²) in [5.41, 5.74) is 1.42. The van der Waals surface area contributed by atoms with E-state index in [4.69, 9.17) is 18.9 Å². The normalized spacial score (nSPS) is 16.1. The zero-order valence-corrected chi connectivity index (χ0v) is 20.0. The van der Waals surface area contributed by atoms with Gasteiger partial charge in [0.2, 0.25) is 5.75 Å². The van der Waals surface area contributed by atoms with E-state index in [0.717, 1.165) is 35.1 Å². The molecule has 0 saturated heterocycles. The van der Waals surface area contributed by atoms with Crippen LogP contribution in [0, 0.1) is 16.7 Å². The number of Topliss-reactive ketones (excluding diaryl/α,β-unsaturated/α-hetero) is 1. The molecule has 2 aliphatic rings. The lowest BCUT2D eigenvalue weighted by Gasteiger charge is -2.40. The van der Waals surface area contributed by atoms with Crippen LogP contribution >= 0.6 is 0 Å². The molecule has 7 heteroatoms. The van der Waals surface area contributed by atoms with Crippen LogP contribution in [0.5, 0.6) is 17.2 Å². The predicted octanol–water partition coefficient (Wildman–Crippen LogP) is 4.89. The van der Waals surface area contributed by atoms with Gasteiger partial charge in [0.25, 0.3) is 0 Å². The molecule has 0 heterocycles. The zero-order valence-electron chi connectivity index (χ0n) is 20.0. The van der Waals surface area contributed by atoms with Crippen LogP contribution in [-0.2, 0) is 16.0 Å². The topological polar surface area (TPSA) is 94.9 Å². The van der Waals surface area contributed by atoms with E-state index in [9.17, 15) is 14.9 Å². The fourth-order valence-electron chi connectivity index (χ4n) is 4.48. The summed E-state index contributed by atoms with van der Waals surface area (Å²) in [7, 11) is 3.09. The maximum atomic E-state index is 13.0. The number of aryl methyl sites for hydroxylation is 1. The van der Waals surface area contributed by atoms with Crippen molar-refractivity contribution in [3.05, 3.63) is 41.5 Å². The number of carbonyl (C=O) groups excluding carboxylic acids is 2. The predicted molar refractivity (Wildman–Crippen MR) is 125 cm³/mol. The second kappa shape index (κ2) is 9.02. The van der Waals surface area contributed by atoms with Crippen molar-refractivity contribution < 1.29 is 28.5 Å². The number of ether oxygens (including phenoxy) is 4. The second-order valence-electron chi connectivity index (χ2n) is 9.41. The van der Waals surface area contributed by atoms with E-state index in [1.165, 1.54) is 0 Å². The van der Waals surface area contributed by atoms with Gasteiger partial charge in [-0.1, -0.05) is 24.6 Å². The first-order valence-corrected chi connectivity index (χ1v) is 11.4. The Morgan fingerprint density at radius 3 is 2.41 bits per heavy atom. The summed E-state index contributed by atoms with van der Waals surface area (Å²) in [6.07, 6.45) is 3.37. The molecule has 1 fully saturated rings. The lowest BCUT2D eigenvalue weighted by Crippen LogP contribution is -2.47. The van der Waals surface area contributed by atoms with Gasteiger partial charge in [0, 0.05) is 17.5 Å². The summed E-state index contributed by atoms with van der Waals surface area (Å²) in [5.74, 6) is 1.13. The molecule has 178 valence electrons. The Balaban J connectivity index is 1.69. The molecule has 1 saturated carbocycles. The summed E-state index contributed by atoms with van der Waals surface area (Å²) in [6, 6.07) is 11.5. The first-order chi connectivity index (χ1) is 16.2. The molecule has 0 amide bonds. The highest BCUT2D eigenvalue weighted by atomic mass is 16.6. The van der Waals surface area contributed by atoms with Crippen molar-refractivity contribution in [3.8, 4) is 34.4 Å². The van der Waals surface area contributed by atoms with Gasteiger partial charge in [0.1, 0.15) is 18.1 Å². The summed E-state index contributed by atoms with van der Waals surface area (Å²) >= 11 is 0. The highest BCUT2D eigenvalue weighted by Crippen LogP contribution is 2.48. The molecule has 34 heavy (non-hydrogen) atoms. The Morgan fingerprint density at radius 2 is 1.79 bits per heavy atom. The van der Waals surface area contributed by atoms with Crippen molar-refractivity contribution in [2.45, 2.75) is 51.6 Å². The fraction of sp³-hybridized carbons (Fsp3) is 0.444. The van der Waals surface area contributed by atoms with E-state index in [-0.39, 0.29) is 12.4 Å². The minimum absolute atomic E-state index is 0.0906. The first kappa shape index (κ1) is 23.6.